The van der Waals surface area contributed by atoms with Crippen LogP contribution in [0.1, 0.15) is 56.6 Å². The lowest BCUT2D eigenvalue weighted by Crippen LogP contribution is -2.61. The smallest absolute Gasteiger partial charge is 0.335 e. The van der Waals surface area contributed by atoms with Gasteiger partial charge in [0.1, 0.15) is 65.9 Å². The number of carboxylic acids is 1. The van der Waals surface area contributed by atoms with Crippen LogP contribution in [0.3, 0.4) is 0 Å². The van der Waals surface area contributed by atoms with Crippen LogP contribution in [0.15, 0.2) is 26.3 Å². The summed E-state index contributed by atoms with van der Waals surface area (Å²) in [5.74, 6) is -1.78. The third kappa shape index (κ3) is 6.63. The SMILES string of the molecule is CC[C@H](O)[C@H](O)[C@@H]1O[C@](C)(C(=O)O)C[C@H](O)[C@H]1/N=C(\C)Cc1cc(=O)c2c(C)cc(O)c(C3O[C@@H](CO)[C@H](O)[C@@H](O)[C@@H]3O)c2o1. The second-order valence-electron chi connectivity index (χ2n) is 12.0. The lowest BCUT2D eigenvalue weighted by atomic mass is 9.84. The molecule has 0 bridgehead atoms. The molecule has 2 aromatic rings. The van der Waals surface area contributed by atoms with E-state index in [1.54, 1.807) is 13.8 Å². The Balaban J connectivity index is 1.75. The summed E-state index contributed by atoms with van der Waals surface area (Å²) in [7, 11) is 0. The number of nitrogens with zero attached hydrogens (tertiary/aromatic N) is 1. The van der Waals surface area contributed by atoms with Crippen LogP contribution in [0.4, 0.5) is 0 Å². The van der Waals surface area contributed by atoms with Gasteiger partial charge >= 0.3 is 5.97 Å². The van der Waals surface area contributed by atoms with Crippen molar-refractivity contribution >= 4 is 22.7 Å². The molecule has 45 heavy (non-hydrogen) atoms. The normalized spacial score (nSPS) is 34.1. The first-order valence-corrected chi connectivity index (χ1v) is 14.6. The van der Waals surface area contributed by atoms with Crippen molar-refractivity contribution in [2.24, 2.45) is 4.99 Å². The Morgan fingerprint density at radius 2 is 1.80 bits per heavy atom. The molecule has 2 fully saturated rings. The number of aliphatic hydroxyl groups excluding tert-OH is 7. The molecule has 4 rings (SSSR count). The summed E-state index contributed by atoms with van der Waals surface area (Å²) in [6, 6.07) is 1.25. The Morgan fingerprint density at radius 3 is 2.40 bits per heavy atom. The van der Waals surface area contributed by atoms with E-state index in [2.05, 4.69) is 4.99 Å². The number of fused-ring (bicyclic) bond motifs is 1. The zero-order chi connectivity index (χ0) is 33.5. The molecular formula is C30H41NO14. The largest absolute Gasteiger partial charge is 0.507 e. The van der Waals surface area contributed by atoms with E-state index in [1.165, 1.54) is 26.0 Å². The highest BCUT2D eigenvalue weighted by molar-refractivity contribution is 5.87. The molecule has 3 heterocycles. The van der Waals surface area contributed by atoms with Gasteiger partial charge in [0.15, 0.2) is 11.0 Å². The van der Waals surface area contributed by atoms with Crippen LogP contribution in [-0.2, 0) is 20.7 Å². The van der Waals surface area contributed by atoms with Crippen LogP contribution in [-0.4, -0.2) is 125 Å². The fourth-order valence-corrected chi connectivity index (χ4v) is 6.02. The number of rotatable bonds is 9. The number of phenolic OH excluding ortho intramolecular Hbond substituents is 1. The first kappa shape index (κ1) is 34.9. The Morgan fingerprint density at radius 1 is 1.13 bits per heavy atom. The summed E-state index contributed by atoms with van der Waals surface area (Å²) in [5, 5.41) is 93.6. The minimum Gasteiger partial charge on any atom is -0.507 e. The summed E-state index contributed by atoms with van der Waals surface area (Å²) < 4.78 is 17.4. The highest BCUT2D eigenvalue weighted by atomic mass is 16.6. The molecule has 0 amide bonds. The molecule has 1 aromatic heterocycles. The molecule has 0 aliphatic carbocycles. The van der Waals surface area contributed by atoms with E-state index >= 15 is 0 Å². The van der Waals surface area contributed by atoms with E-state index in [1.807, 2.05) is 0 Å². The molecule has 2 saturated heterocycles. The van der Waals surface area contributed by atoms with E-state index in [-0.39, 0.29) is 47.3 Å². The molecular weight excluding hydrogens is 598 g/mol. The second kappa shape index (κ2) is 13.4. The molecule has 2 aliphatic rings. The van der Waals surface area contributed by atoms with Crippen molar-refractivity contribution in [1.29, 1.82) is 0 Å². The number of ether oxygens (including phenoxy) is 2. The lowest BCUT2D eigenvalue weighted by Gasteiger charge is -2.44. The molecule has 1 unspecified atom stereocenters. The van der Waals surface area contributed by atoms with E-state index in [9.17, 15) is 55.5 Å². The second-order valence-corrected chi connectivity index (χ2v) is 12.0. The van der Waals surface area contributed by atoms with Gasteiger partial charge in [-0.05, 0) is 38.8 Å². The van der Waals surface area contributed by atoms with Crippen LogP contribution in [0.5, 0.6) is 5.75 Å². The number of aliphatic imine (C=N–C) groups is 1. The highest BCUT2D eigenvalue weighted by Gasteiger charge is 2.52. The van der Waals surface area contributed by atoms with Gasteiger partial charge in [-0.3, -0.25) is 9.79 Å². The van der Waals surface area contributed by atoms with Gasteiger partial charge in [-0.25, -0.2) is 4.79 Å². The van der Waals surface area contributed by atoms with Gasteiger partial charge in [0, 0.05) is 24.6 Å². The average Bonchev–Trinajstić information content (AvgIpc) is 2.96. The van der Waals surface area contributed by atoms with Crippen molar-refractivity contribution in [3.05, 3.63) is 39.2 Å². The monoisotopic (exact) mass is 639 g/mol. The van der Waals surface area contributed by atoms with Gasteiger partial charge in [0.25, 0.3) is 0 Å². The topological polar surface area (TPSA) is 260 Å². The maximum atomic E-state index is 13.3. The van der Waals surface area contributed by atoms with Gasteiger partial charge < -0.3 is 59.8 Å². The van der Waals surface area contributed by atoms with Crippen molar-refractivity contribution in [2.45, 2.75) is 114 Å². The highest BCUT2D eigenvalue weighted by Crippen LogP contribution is 2.41. The fourth-order valence-electron chi connectivity index (χ4n) is 6.02. The van der Waals surface area contributed by atoms with Gasteiger partial charge in [-0.2, -0.15) is 0 Å². The number of phenols is 1. The van der Waals surface area contributed by atoms with Crippen molar-refractivity contribution < 1.29 is 64.6 Å². The van der Waals surface area contributed by atoms with Gasteiger partial charge in [0.05, 0.1) is 29.8 Å². The number of hydrogen-bond donors (Lipinski definition) is 9. The summed E-state index contributed by atoms with van der Waals surface area (Å²) in [6.45, 7) is 5.22. The number of carbonyl (C=O) groups is 1. The third-order valence-electron chi connectivity index (χ3n) is 8.57. The Kier molecular flexibility index (Phi) is 10.4. The summed E-state index contributed by atoms with van der Waals surface area (Å²) >= 11 is 0. The lowest BCUT2D eigenvalue weighted by molar-refractivity contribution is -0.231. The van der Waals surface area contributed by atoms with E-state index in [0.29, 0.717) is 5.56 Å². The number of hydrogen-bond acceptors (Lipinski definition) is 14. The Bertz CT molecular complexity index is 1490. The Labute approximate surface area is 257 Å². The number of aryl methyl sites for hydroxylation is 1. The molecule has 2 aliphatic heterocycles. The van der Waals surface area contributed by atoms with Crippen LogP contribution in [0, 0.1) is 6.92 Å². The maximum absolute atomic E-state index is 13.3. The number of benzene rings is 1. The van der Waals surface area contributed by atoms with E-state index < -0.39 is 90.3 Å². The molecule has 0 radical (unpaired) electrons. The van der Waals surface area contributed by atoms with Crippen LogP contribution < -0.4 is 5.43 Å². The summed E-state index contributed by atoms with van der Waals surface area (Å²) in [4.78, 5) is 29.7. The van der Waals surface area contributed by atoms with Crippen molar-refractivity contribution in [2.75, 3.05) is 6.61 Å². The number of carboxylic acid groups (broad SMARTS) is 1. The minimum absolute atomic E-state index is 0.0249. The molecule has 15 heteroatoms. The zero-order valence-corrected chi connectivity index (χ0v) is 25.3. The minimum atomic E-state index is -1.86. The molecule has 15 nitrogen and oxygen atoms in total. The summed E-state index contributed by atoms with van der Waals surface area (Å²) in [5.41, 5.74) is -2.16. The molecule has 0 saturated carbocycles. The van der Waals surface area contributed by atoms with Gasteiger partial charge in [0.2, 0.25) is 0 Å². The van der Waals surface area contributed by atoms with Crippen molar-refractivity contribution in [1.82, 2.24) is 0 Å². The number of aromatic hydroxyl groups is 1. The standard InChI is InChI=1S/C30H41NO14/c1-5-14(33)22(37)28-21(17(36)9-30(4,45-28)29(41)42)31-12(3)7-13-8-16(35)19-11(2)6-15(34)20(26(19)43-13)27-25(40)24(39)23(38)18(10-32)44-27/h6,8,14,17-18,21-25,27-28,32-34,36-40H,5,7,9-10H2,1-4H3,(H,41,42)/b31-12+/t14-,17-,18-,21+,22-,23-,24+,25-,27?,28+,30-/m0/s1. The maximum Gasteiger partial charge on any atom is 0.335 e. The van der Waals surface area contributed by atoms with E-state index in [0.717, 1.165) is 0 Å². The quantitative estimate of drug-likeness (QED) is 0.146. The molecule has 0 spiro atoms. The predicted octanol–water partition coefficient (Wildman–Crippen LogP) is -1.18. The molecule has 9 N–H and O–H groups in total. The van der Waals surface area contributed by atoms with E-state index in [4.69, 9.17) is 13.9 Å². The van der Waals surface area contributed by atoms with Crippen LogP contribution in [0.25, 0.3) is 11.0 Å². The average molecular weight is 640 g/mol. The third-order valence-corrected chi connectivity index (χ3v) is 8.57. The van der Waals surface area contributed by atoms with Crippen molar-refractivity contribution in [3.63, 3.8) is 0 Å². The van der Waals surface area contributed by atoms with Crippen molar-refractivity contribution in [3.8, 4) is 5.75 Å². The first-order valence-electron chi connectivity index (χ1n) is 14.6. The van der Waals surface area contributed by atoms with Gasteiger partial charge in [-0.15, -0.1) is 0 Å². The predicted molar refractivity (Wildman–Crippen MR) is 156 cm³/mol. The number of aliphatic carboxylic acids is 1. The van der Waals surface area contributed by atoms with Gasteiger partial charge in [-0.1, -0.05) is 6.92 Å². The molecule has 250 valence electrons. The van der Waals surface area contributed by atoms with Crippen LogP contribution >= 0.6 is 0 Å². The first-order chi connectivity index (χ1) is 21.0. The zero-order valence-electron chi connectivity index (χ0n) is 25.3. The summed E-state index contributed by atoms with van der Waals surface area (Å²) in [6.07, 6.45) is -14.1. The number of aliphatic hydroxyl groups is 7. The van der Waals surface area contributed by atoms with Crippen LogP contribution in [0.2, 0.25) is 0 Å². The molecule has 11 atom stereocenters. The Hall–Kier alpha value is -2.99. The molecule has 1 aromatic carbocycles. The fraction of sp³-hybridized carbons (Fsp3) is 0.633.